The third-order valence-corrected chi connectivity index (χ3v) is 2.04. The van der Waals surface area contributed by atoms with Gasteiger partial charge in [-0.05, 0) is 37.7 Å². The molecule has 0 unspecified atom stereocenters. The monoisotopic (exact) mass is 216 g/mol. The fourth-order valence-electron chi connectivity index (χ4n) is 1.02. The van der Waals surface area contributed by atoms with Crippen LogP contribution in [0.2, 0.25) is 5.22 Å². The lowest BCUT2D eigenvalue weighted by molar-refractivity contribution is 0.0953. The Hall–Kier alpha value is -1.00. The predicted octanol–water partition coefficient (Wildman–Crippen LogP) is 1.27. The van der Waals surface area contributed by atoms with Gasteiger partial charge in [-0.15, -0.1) is 0 Å². The second kappa shape index (κ2) is 5.67. The van der Waals surface area contributed by atoms with Crippen molar-refractivity contribution in [2.75, 3.05) is 20.1 Å². The Morgan fingerprint density at radius 3 is 2.93 bits per heavy atom. The second-order valence-electron chi connectivity index (χ2n) is 2.82. The van der Waals surface area contributed by atoms with Crippen molar-refractivity contribution in [1.29, 1.82) is 0 Å². The summed E-state index contributed by atoms with van der Waals surface area (Å²) in [4.78, 5) is 11.4. The zero-order valence-electron chi connectivity index (χ0n) is 7.97. The highest BCUT2D eigenvalue weighted by Crippen LogP contribution is 2.15. The number of amides is 1. The highest BCUT2D eigenvalue weighted by Gasteiger charge is 2.11. The summed E-state index contributed by atoms with van der Waals surface area (Å²) in [5.41, 5.74) is 0.385. The van der Waals surface area contributed by atoms with Crippen molar-refractivity contribution in [2.45, 2.75) is 6.42 Å². The Morgan fingerprint density at radius 2 is 2.36 bits per heavy atom. The topological polar surface area (TPSA) is 54.3 Å². The van der Waals surface area contributed by atoms with Gasteiger partial charge in [-0.3, -0.25) is 4.79 Å². The molecule has 0 atom stereocenters. The molecule has 0 aliphatic rings. The van der Waals surface area contributed by atoms with Crippen LogP contribution in [0.3, 0.4) is 0 Å². The summed E-state index contributed by atoms with van der Waals surface area (Å²) in [6.45, 7) is 1.50. The van der Waals surface area contributed by atoms with Gasteiger partial charge in [0.1, 0.15) is 0 Å². The largest absolute Gasteiger partial charge is 0.452 e. The molecule has 2 N–H and O–H groups in total. The van der Waals surface area contributed by atoms with E-state index in [1.165, 1.54) is 6.26 Å². The van der Waals surface area contributed by atoms with Crippen molar-refractivity contribution >= 4 is 17.5 Å². The number of hydrogen-bond donors (Lipinski definition) is 2. The van der Waals surface area contributed by atoms with Crippen molar-refractivity contribution in [1.82, 2.24) is 10.6 Å². The van der Waals surface area contributed by atoms with Gasteiger partial charge >= 0.3 is 0 Å². The van der Waals surface area contributed by atoms with Crippen LogP contribution in [-0.2, 0) is 0 Å². The Bertz CT molecular complexity index is 299. The van der Waals surface area contributed by atoms with Crippen molar-refractivity contribution < 1.29 is 9.21 Å². The summed E-state index contributed by atoms with van der Waals surface area (Å²) in [6, 6.07) is 1.55. The molecule has 0 aromatic carbocycles. The first-order valence-corrected chi connectivity index (χ1v) is 4.79. The molecular weight excluding hydrogens is 204 g/mol. The van der Waals surface area contributed by atoms with Crippen LogP contribution in [0, 0.1) is 0 Å². The smallest absolute Gasteiger partial charge is 0.256 e. The molecule has 1 amide bonds. The van der Waals surface area contributed by atoms with E-state index in [4.69, 9.17) is 16.0 Å². The van der Waals surface area contributed by atoms with Crippen LogP contribution in [0.5, 0.6) is 0 Å². The molecule has 0 saturated carbocycles. The average molecular weight is 217 g/mol. The lowest BCUT2D eigenvalue weighted by Crippen LogP contribution is -2.26. The zero-order valence-corrected chi connectivity index (χ0v) is 8.73. The maximum atomic E-state index is 11.4. The van der Waals surface area contributed by atoms with Gasteiger partial charge in [0, 0.05) is 6.54 Å². The van der Waals surface area contributed by atoms with E-state index in [1.54, 1.807) is 6.07 Å². The predicted molar refractivity (Wildman–Crippen MR) is 54.6 cm³/mol. The van der Waals surface area contributed by atoms with Gasteiger partial charge in [-0.2, -0.15) is 0 Å². The van der Waals surface area contributed by atoms with Gasteiger partial charge in [0.15, 0.2) is 0 Å². The SMILES string of the molecule is CNCCCNC(=O)c1ccoc1Cl. The van der Waals surface area contributed by atoms with E-state index in [2.05, 4.69) is 10.6 Å². The molecule has 0 fully saturated rings. The summed E-state index contributed by atoms with van der Waals surface area (Å²) in [7, 11) is 1.87. The third-order valence-electron chi connectivity index (χ3n) is 1.75. The van der Waals surface area contributed by atoms with Gasteiger partial charge in [0.2, 0.25) is 5.22 Å². The van der Waals surface area contributed by atoms with Crippen LogP contribution in [0.15, 0.2) is 16.7 Å². The zero-order chi connectivity index (χ0) is 10.4. The molecule has 1 aromatic heterocycles. The number of halogens is 1. The lowest BCUT2D eigenvalue weighted by Gasteiger charge is -2.02. The highest BCUT2D eigenvalue weighted by molar-refractivity contribution is 6.32. The van der Waals surface area contributed by atoms with Crippen LogP contribution >= 0.6 is 11.6 Å². The van der Waals surface area contributed by atoms with Crippen LogP contribution in [0.25, 0.3) is 0 Å². The molecule has 5 heteroatoms. The van der Waals surface area contributed by atoms with E-state index in [0.29, 0.717) is 12.1 Å². The summed E-state index contributed by atoms with van der Waals surface area (Å²) < 4.78 is 4.81. The van der Waals surface area contributed by atoms with E-state index in [9.17, 15) is 4.79 Å². The van der Waals surface area contributed by atoms with E-state index < -0.39 is 0 Å². The molecule has 1 aromatic rings. The third kappa shape index (κ3) is 3.05. The van der Waals surface area contributed by atoms with E-state index in [0.717, 1.165) is 13.0 Å². The van der Waals surface area contributed by atoms with Crippen molar-refractivity contribution in [2.24, 2.45) is 0 Å². The van der Waals surface area contributed by atoms with Gasteiger partial charge in [0.05, 0.1) is 11.8 Å². The minimum atomic E-state index is -0.195. The van der Waals surface area contributed by atoms with Gasteiger partial charge in [-0.1, -0.05) is 0 Å². The minimum Gasteiger partial charge on any atom is -0.452 e. The molecule has 0 saturated heterocycles. The number of furan rings is 1. The van der Waals surface area contributed by atoms with E-state index in [1.807, 2.05) is 7.05 Å². The van der Waals surface area contributed by atoms with E-state index >= 15 is 0 Å². The molecule has 1 heterocycles. The average Bonchev–Trinajstić information content (AvgIpc) is 2.59. The Kier molecular flexibility index (Phi) is 4.49. The number of carbonyl (C=O) groups is 1. The van der Waals surface area contributed by atoms with Gasteiger partial charge < -0.3 is 15.1 Å². The second-order valence-corrected chi connectivity index (χ2v) is 3.16. The van der Waals surface area contributed by atoms with Crippen LogP contribution in [0.4, 0.5) is 0 Å². The fraction of sp³-hybridized carbons (Fsp3) is 0.444. The van der Waals surface area contributed by atoms with Crippen LogP contribution in [0.1, 0.15) is 16.8 Å². The number of rotatable bonds is 5. The van der Waals surface area contributed by atoms with Crippen molar-refractivity contribution in [3.63, 3.8) is 0 Å². The molecule has 78 valence electrons. The molecule has 0 spiro atoms. The number of carbonyl (C=O) groups excluding carboxylic acids is 1. The Morgan fingerprint density at radius 1 is 1.57 bits per heavy atom. The molecule has 0 aliphatic carbocycles. The fourth-order valence-corrected chi connectivity index (χ4v) is 1.22. The molecule has 0 aliphatic heterocycles. The molecule has 1 rings (SSSR count). The summed E-state index contributed by atoms with van der Waals surface area (Å²) >= 11 is 5.63. The van der Waals surface area contributed by atoms with Crippen molar-refractivity contribution in [3.05, 3.63) is 23.1 Å². The number of hydrogen-bond acceptors (Lipinski definition) is 3. The minimum absolute atomic E-state index is 0.135. The Labute approximate surface area is 87.6 Å². The molecule has 0 bridgehead atoms. The summed E-state index contributed by atoms with van der Waals surface area (Å²) in [6.07, 6.45) is 2.28. The van der Waals surface area contributed by atoms with Gasteiger partial charge in [-0.25, -0.2) is 0 Å². The first-order valence-electron chi connectivity index (χ1n) is 4.41. The highest BCUT2D eigenvalue weighted by atomic mass is 35.5. The van der Waals surface area contributed by atoms with Crippen LogP contribution < -0.4 is 10.6 Å². The standard InChI is InChI=1S/C9H13ClN2O2/c1-11-4-2-5-12-9(13)7-3-6-14-8(7)10/h3,6,11H,2,4-5H2,1H3,(H,12,13). The first-order chi connectivity index (χ1) is 6.75. The molecule has 4 nitrogen and oxygen atoms in total. The van der Waals surface area contributed by atoms with Crippen molar-refractivity contribution in [3.8, 4) is 0 Å². The van der Waals surface area contributed by atoms with E-state index in [-0.39, 0.29) is 11.1 Å². The maximum Gasteiger partial charge on any atom is 0.256 e. The number of nitrogens with one attached hydrogen (secondary N) is 2. The molecule has 0 radical (unpaired) electrons. The summed E-state index contributed by atoms with van der Waals surface area (Å²) in [5.74, 6) is -0.195. The molecular formula is C9H13ClN2O2. The molecule has 14 heavy (non-hydrogen) atoms. The van der Waals surface area contributed by atoms with Gasteiger partial charge in [0.25, 0.3) is 5.91 Å². The normalized spacial score (nSPS) is 10.1. The first kappa shape index (κ1) is 11.1. The lowest BCUT2D eigenvalue weighted by atomic mass is 10.3. The Balaban J connectivity index is 2.32. The summed E-state index contributed by atoms with van der Waals surface area (Å²) in [5, 5.41) is 5.86. The maximum absolute atomic E-state index is 11.4. The quantitative estimate of drug-likeness (QED) is 0.729. The van der Waals surface area contributed by atoms with Crippen LogP contribution in [-0.4, -0.2) is 26.0 Å².